The van der Waals surface area contributed by atoms with Crippen LogP contribution in [0.3, 0.4) is 0 Å². The summed E-state index contributed by atoms with van der Waals surface area (Å²) in [6.07, 6.45) is 1.25. The van der Waals surface area contributed by atoms with Crippen LogP contribution >= 0.6 is 11.6 Å². The van der Waals surface area contributed by atoms with E-state index in [1.165, 1.54) is 28.8 Å². The van der Waals surface area contributed by atoms with Gasteiger partial charge in [0.15, 0.2) is 0 Å². The summed E-state index contributed by atoms with van der Waals surface area (Å²) in [6.45, 7) is 1.64. The number of hydrogen-bond acceptors (Lipinski definition) is 5. The highest BCUT2D eigenvalue weighted by Crippen LogP contribution is 2.30. The number of fused-ring (bicyclic) bond motifs is 3. The van der Waals surface area contributed by atoms with Gasteiger partial charge in [-0.15, -0.1) is 0 Å². The Kier molecular flexibility index (Phi) is 4.37. The van der Waals surface area contributed by atoms with Gasteiger partial charge in [-0.2, -0.15) is 5.26 Å². The SMILES string of the molecule is Cc1c(C=Nc2ccc(Cl)cc2[N+](=O)[O-])c(=O)n2c([nH]c3ccccc32)c1C#N. The first-order chi connectivity index (χ1) is 13.9. The Balaban J connectivity index is 1.99. The zero-order chi connectivity index (χ0) is 20.7. The van der Waals surface area contributed by atoms with Crippen LogP contribution in [0, 0.1) is 28.4 Å². The zero-order valence-electron chi connectivity index (χ0n) is 15.0. The van der Waals surface area contributed by atoms with E-state index in [1.807, 2.05) is 12.1 Å². The van der Waals surface area contributed by atoms with Crippen molar-refractivity contribution in [3.63, 3.8) is 0 Å². The number of nitrogens with zero attached hydrogens (tertiary/aromatic N) is 4. The number of aliphatic imine (C=N–C) groups is 1. The third kappa shape index (κ3) is 2.94. The number of hydrogen-bond donors (Lipinski definition) is 1. The van der Waals surface area contributed by atoms with E-state index in [-0.39, 0.29) is 27.5 Å². The molecule has 2 aromatic heterocycles. The Morgan fingerprint density at radius 2 is 2.07 bits per heavy atom. The molecule has 2 heterocycles. The molecular weight excluding hydrogens is 394 g/mol. The summed E-state index contributed by atoms with van der Waals surface area (Å²) in [4.78, 5) is 31.1. The molecule has 0 unspecified atom stereocenters. The Bertz CT molecular complexity index is 1440. The van der Waals surface area contributed by atoms with Crippen LogP contribution in [0.5, 0.6) is 0 Å². The normalized spacial score (nSPS) is 11.3. The number of imidazole rings is 1. The van der Waals surface area contributed by atoms with E-state index >= 15 is 0 Å². The van der Waals surface area contributed by atoms with Crippen LogP contribution in [0.1, 0.15) is 16.7 Å². The fourth-order valence-corrected chi connectivity index (χ4v) is 3.40. The van der Waals surface area contributed by atoms with E-state index in [1.54, 1.807) is 19.1 Å². The first-order valence-electron chi connectivity index (χ1n) is 8.46. The van der Waals surface area contributed by atoms with E-state index < -0.39 is 4.92 Å². The van der Waals surface area contributed by atoms with Gasteiger partial charge in [0.2, 0.25) is 0 Å². The molecule has 29 heavy (non-hydrogen) atoms. The van der Waals surface area contributed by atoms with Crippen molar-refractivity contribution in [2.45, 2.75) is 6.92 Å². The Morgan fingerprint density at radius 1 is 1.31 bits per heavy atom. The summed E-state index contributed by atoms with van der Waals surface area (Å²) in [7, 11) is 0. The van der Waals surface area contributed by atoms with Crippen molar-refractivity contribution >= 4 is 45.9 Å². The fraction of sp³-hybridized carbons (Fsp3) is 0.0500. The lowest BCUT2D eigenvalue weighted by Crippen LogP contribution is -2.20. The van der Waals surface area contributed by atoms with Gasteiger partial charge >= 0.3 is 0 Å². The van der Waals surface area contributed by atoms with Crippen molar-refractivity contribution < 1.29 is 4.92 Å². The average molecular weight is 406 g/mol. The van der Waals surface area contributed by atoms with Crippen molar-refractivity contribution in [1.29, 1.82) is 5.26 Å². The first-order valence-corrected chi connectivity index (χ1v) is 8.84. The molecule has 0 amide bonds. The number of H-pyrrole nitrogens is 1. The lowest BCUT2D eigenvalue weighted by Gasteiger charge is -2.05. The van der Waals surface area contributed by atoms with Crippen LogP contribution in [0.15, 0.2) is 52.3 Å². The third-order valence-electron chi connectivity index (χ3n) is 4.65. The first kappa shape index (κ1) is 18.4. The van der Waals surface area contributed by atoms with Gasteiger partial charge in [0.25, 0.3) is 11.2 Å². The minimum atomic E-state index is -0.595. The number of aromatic nitrogens is 2. The van der Waals surface area contributed by atoms with Gasteiger partial charge in [0.1, 0.15) is 17.4 Å². The molecule has 8 nitrogen and oxygen atoms in total. The summed E-state index contributed by atoms with van der Waals surface area (Å²) in [5, 5.41) is 21.1. The molecule has 0 aliphatic heterocycles. The van der Waals surface area contributed by atoms with Crippen LogP contribution in [-0.2, 0) is 0 Å². The molecule has 0 bridgehead atoms. The highest BCUT2D eigenvalue weighted by Gasteiger charge is 2.18. The molecule has 0 aliphatic rings. The fourth-order valence-electron chi connectivity index (χ4n) is 3.23. The maximum absolute atomic E-state index is 13.2. The lowest BCUT2D eigenvalue weighted by atomic mass is 10.1. The van der Waals surface area contributed by atoms with Gasteiger partial charge in [0.05, 0.1) is 27.1 Å². The van der Waals surface area contributed by atoms with Crippen LogP contribution < -0.4 is 5.56 Å². The lowest BCUT2D eigenvalue weighted by molar-refractivity contribution is -0.384. The number of nitriles is 1. The molecule has 4 aromatic rings. The molecule has 0 radical (unpaired) electrons. The zero-order valence-corrected chi connectivity index (χ0v) is 15.8. The molecule has 4 rings (SSSR count). The molecule has 2 aromatic carbocycles. The number of nitrogens with one attached hydrogen (secondary N) is 1. The molecule has 0 aliphatic carbocycles. The second-order valence-electron chi connectivity index (χ2n) is 6.31. The average Bonchev–Trinajstić information content (AvgIpc) is 3.08. The molecule has 0 saturated heterocycles. The van der Waals surface area contributed by atoms with Crippen LogP contribution in [-0.4, -0.2) is 20.5 Å². The standard InChI is InChI=1S/C20H12ClN5O3/c1-11-13(9-22)19-24-16-4-2-3-5-17(16)25(19)20(27)14(11)10-23-15-7-6-12(21)8-18(15)26(28)29/h2-8,10,24H,1H3. The topological polar surface area (TPSA) is 117 Å². The van der Waals surface area contributed by atoms with Gasteiger partial charge in [0, 0.05) is 17.3 Å². The predicted molar refractivity (Wildman–Crippen MR) is 110 cm³/mol. The van der Waals surface area contributed by atoms with Crippen molar-refractivity contribution in [1.82, 2.24) is 9.38 Å². The highest BCUT2D eigenvalue weighted by atomic mass is 35.5. The number of aromatic amines is 1. The number of nitro benzene ring substituents is 1. The summed E-state index contributed by atoms with van der Waals surface area (Å²) >= 11 is 5.83. The van der Waals surface area contributed by atoms with E-state index in [9.17, 15) is 20.2 Å². The number of benzene rings is 2. The Labute approximate surface area is 168 Å². The maximum atomic E-state index is 13.2. The third-order valence-corrected chi connectivity index (χ3v) is 4.88. The second kappa shape index (κ2) is 6.89. The van der Waals surface area contributed by atoms with Crippen molar-refractivity contribution in [2.75, 3.05) is 0 Å². The monoisotopic (exact) mass is 405 g/mol. The summed E-state index contributed by atoms with van der Waals surface area (Å²) in [6, 6.07) is 13.4. The van der Waals surface area contributed by atoms with Gasteiger partial charge in [-0.3, -0.25) is 19.3 Å². The molecule has 0 saturated carbocycles. The smallest absolute Gasteiger partial charge is 0.296 e. The Morgan fingerprint density at radius 3 is 2.79 bits per heavy atom. The minimum Gasteiger partial charge on any atom is -0.338 e. The van der Waals surface area contributed by atoms with Crippen molar-refractivity contribution in [2.24, 2.45) is 4.99 Å². The van der Waals surface area contributed by atoms with Gasteiger partial charge < -0.3 is 4.98 Å². The van der Waals surface area contributed by atoms with Crippen LogP contribution in [0.4, 0.5) is 11.4 Å². The van der Waals surface area contributed by atoms with E-state index in [4.69, 9.17) is 11.6 Å². The van der Waals surface area contributed by atoms with E-state index in [0.717, 1.165) is 0 Å². The number of nitro groups is 1. The molecule has 0 fully saturated rings. The molecule has 9 heteroatoms. The number of rotatable bonds is 3. The van der Waals surface area contributed by atoms with Crippen LogP contribution in [0.25, 0.3) is 16.7 Å². The summed E-state index contributed by atoms with van der Waals surface area (Å²) < 4.78 is 1.42. The summed E-state index contributed by atoms with van der Waals surface area (Å²) in [5.41, 5.74) is 2.03. The maximum Gasteiger partial charge on any atom is 0.296 e. The van der Waals surface area contributed by atoms with Crippen molar-refractivity contribution in [3.05, 3.63) is 84.6 Å². The highest BCUT2D eigenvalue weighted by molar-refractivity contribution is 6.30. The molecule has 0 atom stereocenters. The van der Waals surface area contributed by atoms with Gasteiger partial charge in [-0.25, -0.2) is 4.99 Å². The quantitative estimate of drug-likeness (QED) is 0.311. The number of para-hydroxylation sites is 2. The van der Waals surface area contributed by atoms with E-state index in [2.05, 4.69) is 16.0 Å². The Hall–Kier alpha value is -3.96. The number of pyridine rings is 1. The summed E-state index contributed by atoms with van der Waals surface area (Å²) in [5.74, 6) is 0. The number of halogens is 1. The molecule has 142 valence electrons. The van der Waals surface area contributed by atoms with Gasteiger partial charge in [-0.05, 0) is 36.8 Å². The largest absolute Gasteiger partial charge is 0.338 e. The van der Waals surface area contributed by atoms with E-state index in [0.29, 0.717) is 27.8 Å². The van der Waals surface area contributed by atoms with Gasteiger partial charge in [-0.1, -0.05) is 23.7 Å². The molecule has 1 N–H and O–H groups in total. The molecular formula is C20H12ClN5O3. The van der Waals surface area contributed by atoms with Crippen molar-refractivity contribution in [3.8, 4) is 6.07 Å². The van der Waals surface area contributed by atoms with Crippen LogP contribution in [0.2, 0.25) is 5.02 Å². The molecule has 0 spiro atoms. The predicted octanol–water partition coefficient (Wildman–Crippen LogP) is 4.27. The minimum absolute atomic E-state index is 0.0562. The second-order valence-corrected chi connectivity index (χ2v) is 6.74.